The van der Waals surface area contributed by atoms with E-state index in [1.165, 1.54) is 28.5 Å². The van der Waals surface area contributed by atoms with Crippen molar-refractivity contribution in [2.24, 2.45) is 0 Å². The van der Waals surface area contributed by atoms with Gasteiger partial charge in [-0.25, -0.2) is 0 Å². The van der Waals surface area contributed by atoms with Crippen molar-refractivity contribution in [1.82, 2.24) is 24.6 Å². The Morgan fingerprint density at radius 2 is 1.76 bits per heavy atom. The van der Waals surface area contributed by atoms with Crippen LogP contribution in [0.2, 0.25) is 0 Å². The zero-order valence-electron chi connectivity index (χ0n) is 20.2. The molecule has 3 aromatic rings. The summed E-state index contributed by atoms with van der Waals surface area (Å²) < 4.78 is 2.17. The lowest BCUT2D eigenvalue weighted by Gasteiger charge is -2.26. The standard InChI is InChI=1S/C27H33N5OS/c1-4-24(30(2)3)26-28-29-27(32(26)19-21-11-7-5-8-12-21)34-20-25(33)31-17-15-23(16-18-31)22-13-9-6-10-14-22/h5-15,24H,4,16-20H2,1-3H3/t24-/m0/s1. The van der Waals surface area contributed by atoms with Gasteiger partial charge in [-0.2, -0.15) is 0 Å². The predicted octanol–water partition coefficient (Wildman–Crippen LogP) is 4.75. The van der Waals surface area contributed by atoms with Crippen LogP contribution in [0.25, 0.3) is 5.57 Å². The summed E-state index contributed by atoms with van der Waals surface area (Å²) in [5, 5.41) is 9.85. The molecule has 1 amide bonds. The van der Waals surface area contributed by atoms with Crippen LogP contribution in [0, 0.1) is 0 Å². The van der Waals surface area contributed by atoms with Crippen LogP contribution in [0.15, 0.2) is 71.9 Å². The third kappa shape index (κ3) is 5.77. The Balaban J connectivity index is 1.45. The molecule has 1 aliphatic rings. The van der Waals surface area contributed by atoms with Gasteiger partial charge >= 0.3 is 0 Å². The molecule has 0 N–H and O–H groups in total. The Hall–Kier alpha value is -2.90. The maximum absolute atomic E-state index is 13.0. The molecule has 2 heterocycles. The van der Waals surface area contributed by atoms with E-state index in [0.717, 1.165) is 30.4 Å². The van der Waals surface area contributed by atoms with Crippen molar-refractivity contribution >= 4 is 23.2 Å². The minimum Gasteiger partial charge on any atom is -0.338 e. The Bertz CT molecular complexity index is 1110. The summed E-state index contributed by atoms with van der Waals surface area (Å²) in [7, 11) is 4.14. The number of carbonyl (C=O) groups excluding carboxylic acids is 1. The van der Waals surface area contributed by atoms with E-state index >= 15 is 0 Å². The lowest BCUT2D eigenvalue weighted by molar-refractivity contribution is -0.127. The largest absolute Gasteiger partial charge is 0.338 e. The Labute approximate surface area is 206 Å². The molecule has 0 unspecified atom stereocenters. The van der Waals surface area contributed by atoms with Crippen molar-refractivity contribution in [2.75, 3.05) is 32.9 Å². The van der Waals surface area contributed by atoms with E-state index in [9.17, 15) is 4.79 Å². The highest BCUT2D eigenvalue weighted by atomic mass is 32.2. The lowest BCUT2D eigenvalue weighted by atomic mass is 10.00. The molecule has 6 nitrogen and oxygen atoms in total. The number of aromatic nitrogens is 3. The van der Waals surface area contributed by atoms with E-state index in [4.69, 9.17) is 0 Å². The number of hydrogen-bond donors (Lipinski definition) is 0. The van der Waals surface area contributed by atoms with Gasteiger partial charge in [-0.15, -0.1) is 10.2 Å². The zero-order chi connectivity index (χ0) is 23.9. The molecule has 2 aromatic carbocycles. The first kappa shape index (κ1) is 24.2. The van der Waals surface area contributed by atoms with Gasteiger partial charge in [0.2, 0.25) is 5.91 Å². The third-order valence-corrected chi connectivity index (χ3v) is 7.22. The topological polar surface area (TPSA) is 54.3 Å². The van der Waals surface area contributed by atoms with E-state index in [1.807, 2.05) is 29.2 Å². The second-order valence-electron chi connectivity index (χ2n) is 8.77. The van der Waals surface area contributed by atoms with E-state index in [1.54, 1.807) is 0 Å². The highest BCUT2D eigenvalue weighted by Crippen LogP contribution is 2.27. The summed E-state index contributed by atoms with van der Waals surface area (Å²) >= 11 is 1.48. The molecular weight excluding hydrogens is 442 g/mol. The summed E-state index contributed by atoms with van der Waals surface area (Å²) in [6.07, 6.45) is 4.00. The fourth-order valence-electron chi connectivity index (χ4n) is 4.37. The van der Waals surface area contributed by atoms with E-state index in [0.29, 0.717) is 18.8 Å². The average Bonchev–Trinajstić information content (AvgIpc) is 3.26. The Morgan fingerprint density at radius 3 is 2.38 bits per heavy atom. The molecule has 0 radical (unpaired) electrons. The Morgan fingerprint density at radius 1 is 1.06 bits per heavy atom. The van der Waals surface area contributed by atoms with E-state index in [-0.39, 0.29) is 11.9 Å². The molecule has 0 saturated carbocycles. The van der Waals surface area contributed by atoms with Crippen molar-refractivity contribution in [3.05, 3.63) is 83.7 Å². The first-order valence-electron chi connectivity index (χ1n) is 11.8. The predicted molar refractivity (Wildman–Crippen MR) is 139 cm³/mol. The van der Waals surface area contributed by atoms with Crippen molar-refractivity contribution in [3.63, 3.8) is 0 Å². The Kier molecular flexibility index (Phi) is 8.19. The van der Waals surface area contributed by atoms with Crippen LogP contribution >= 0.6 is 11.8 Å². The first-order valence-corrected chi connectivity index (χ1v) is 12.8. The molecule has 0 bridgehead atoms. The fraction of sp³-hybridized carbons (Fsp3) is 0.370. The van der Waals surface area contributed by atoms with Gasteiger partial charge < -0.3 is 9.47 Å². The summed E-state index contributed by atoms with van der Waals surface area (Å²) in [6, 6.07) is 20.9. The monoisotopic (exact) mass is 475 g/mol. The molecule has 7 heteroatoms. The molecule has 1 aliphatic heterocycles. The number of thioether (sulfide) groups is 1. The van der Waals surface area contributed by atoms with E-state index < -0.39 is 0 Å². The van der Waals surface area contributed by atoms with Crippen LogP contribution < -0.4 is 0 Å². The number of rotatable bonds is 9. The number of hydrogen-bond acceptors (Lipinski definition) is 5. The maximum atomic E-state index is 13.0. The SMILES string of the molecule is CC[C@@H](c1nnc(SCC(=O)N2CC=C(c3ccccc3)CC2)n1Cc1ccccc1)N(C)C. The molecular formula is C27H33N5OS. The lowest BCUT2D eigenvalue weighted by Crippen LogP contribution is -2.35. The maximum Gasteiger partial charge on any atom is 0.233 e. The van der Waals surface area contributed by atoms with Crippen LogP contribution in [0.4, 0.5) is 0 Å². The second-order valence-corrected chi connectivity index (χ2v) is 9.72. The van der Waals surface area contributed by atoms with Crippen molar-refractivity contribution in [3.8, 4) is 0 Å². The molecule has 1 atom stereocenters. The van der Waals surface area contributed by atoms with Crippen LogP contribution in [-0.2, 0) is 11.3 Å². The molecule has 0 spiro atoms. The summed E-state index contributed by atoms with van der Waals surface area (Å²) in [4.78, 5) is 17.1. The third-order valence-electron chi connectivity index (χ3n) is 6.27. The van der Waals surface area contributed by atoms with Gasteiger partial charge in [0.25, 0.3) is 0 Å². The van der Waals surface area contributed by atoms with Crippen LogP contribution in [-0.4, -0.2) is 63.4 Å². The molecule has 1 aromatic heterocycles. The van der Waals surface area contributed by atoms with Crippen molar-refractivity contribution < 1.29 is 4.79 Å². The second kappa shape index (κ2) is 11.5. The van der Waals surface area contributed by atoms with Gasteiger partial charge in [-0.05, 0) is 43.6 Å². The van der Waals surface area contributed by atoms with Gasteiger partial charge in [0.1, 0.15) is 0 Å². The van der Waals surface area contributed by atoms with Crippen molar-refractivity contribution in [1.29, 1.82) is 0 Å². The zero-order valence-corrected chi connectivity index (χ0v) is 21.0. The minimum atomic E-state index is 0.142. The van der Waals surface area contributed by atoms with Gasteiger partial charge in [0.15, 0.2) is 11.0 Å². The normalized spacial score (nSPS) is 14.8. The van der Waals surface area contributed by atoms with E-state index in [2.05, 4.69) is 83.2 Å². The smallest absolute Gasteiger partial charge is 0.233 e. The minimum absolute atomic E-state index is 0.142. The van der Waals surface area contributed by atoms with Gasteiger partial charge in [-0.1, -0.05) is 85.4 Å². The molecule has 0 aliphatic carbocycles. The summed E-state index contributed by atoms with van der Waals surface area (Å²) in [5.41, 5.74) is 3.76. The molecule has 4 rings (SSSR count). The average molecular weight is 476 g/mol. The number of carbonyl (C=O) groups is 1. The van der Waals surface area contributed by atoms with Crippen LogP contribution in [0.5, 0.6) is 0 Å². The van der Waals surface area contributed by atoms with Gasteiger partial charge in [0, 0.05) is 13.1 Å². The van der Waals surface area contributed by atoms with Crippen LogP contribution in [0.1, 0.15) is 42.8 Å². The quantitative estimate of drug-likeness (QED) is 0.418. The van der Waals surface area contributed by atoms with Crippen molar-refractivity contribution in [2.45, 2.75) is 37.5 Å². The molecule has 0 saturated heterocycles. The first-order chi connectivity index (χ1) is 16.6. The van der Waals surface area contributed by atoms with Crippen LogP contribution in [0.3, 0.4) is 0 Å². The molecule has 0 fully saturated rings. The molecule has 178 valence electrons. The molecule has 34 heavy (non-hydrogen) atoms. The fourth-order valence-corrected chi connectivity index (χ4v) is 5.22. The van der Waals surface area contributed by atoms with Gasteiger partial charge in [-0.3, -0.25) is 9.69 Å². The number of amides is 1. The summed E-state index contributed by atoms with van der Waals surface area (Å²) in [6.45, 7) is 4.26. The number of benzene rings is 2. The summed E-state index contributed by atoms with van der Waals surface area (Å²) in [5.74, 6) is 1.45. The highest BCUT2D eigenvalue weighted by molar-refractivity contribution is 7.99. The van der Waals surface area contributed by atoms with Gasteiger partial charge in [0.05, 0.1) is 18.3 Å². The number of nitrogens with zero attached hydrogens (tertiary/aromatic N) is 5. The highest BCUT2D eigenvalue weighted by Gasteiger charge is 2.24.